The van der Waals surface area contributed by atoms with E-state index in [1.54, 1.807) is 12.5 Å². The highest BCUT2D eigenvalue weighted by Gasteiger charge is 2.21. The molecule has 0 bridgehead atoms. The van der Waals surface area contributed by atoms with Gasteiger partial charge in [0.05, 0.1) is 5.92 Å². The topological polar surface area (TPSA) is 71.4 Å². The van der Waals surface area contributed by atoms with Crippen LogP contribution in [0, 0.1) is 11.8 Å². The minimum Gasteiger partial charge on any atom is -0.481 e. The van der Waals surface area contributed by atoms with Crippen LogP contribution in [0.3, 0.4) is 0 Å². The maximum absolute atomic E-state index is 11.4. The van der Waals surface area contributed by atoms with E-state index in [2.05, 4.69) is 0 Å². The molecule has 2 fully saturated rings. The van der Waals surface area contributed by atoms with Gasteiger partial charge in [-0.05, 0) is 35.2 Å². The summed E-state index contributed by atoms with van der Waals surface area (Å²) < 4.78 is 11.3. The quantitative estimate of drug-likeness (QED) is 0.812. The Morgan fingerprint density at radius 1 is 0.952 bits per heavy atom. The zero-order chi connectivity index (χ0) is 15.2. The maximum atomic E-state index is 11.4. The van der Waals surface area contributed by atoms with Gasteiger partial charge in [-0.1, -0.05) is 33.1 Å². The van der Waals surface area contributed by atoms with E-state index < -0.39 is 15.5 Å². The summed E-state index contributed by atoms with van der Waals surface area (Å²) in [6.45, 7) is 0. The van der Waals surface area contributed by atoms with E-state index in [1.165, 1.54) is 5.37 Å². The van der Waals surface area contributed by atoms with Crippen LogP contribution in [0.25, 0.3) is 0 Å². The lowest BCUT2D eigenvalue weighted by molar-refractivity contribution is -0.141. The fourth-order valence-electron chi connectivity index (χ4n) is 2.76. The second kappa shape index (κ2) is 9.23. The van der Waals surface area contributed by atoms with E-state index >= 15 is 0 Å². The number of hydrogen-bond acceptors (Lipinski definition) is 3. The van der Waals surface area contributed by atoms with Crippen molar-refractivity contribution in [1.82, 2.24) is 0 Å². The predicted octanol–water partition coefficient (Wildman–Crippen LogP) is 2.99. The van der Waals surface area contributed by atoms with Crippen LogP contribution < -0.4 is 0 Å². The Balaban J connectivity index is 0.000000390. The number of carbonyl (C=O) groups excluding carboxylic acids is 1. The van der Waals surface area contributed by atoms with Gasteiger partial charge in [-0.25, -0.2) is 0 Å². The van der Waals surface area contributed by atoms with Gasteiger partial charge in [-0.2, -0.15) is 0 Å². The van der Waals surface area contributed by atoms with Gasteiger partial charge in [0.2, 0.25) is 0 Å². The summed E-state index contributed by atoms with van der Waals surface area (Å²) in [7, 11) is -1.99. The van der Waals surface area contributed by atoms with Crippen molar-refractivity contribution in [2.24, 2.45) is 11.8 Å². The fourth-order valence-corrected chi connectivity index (χ4v) is 3.51. The molecule has 21 heavy (non-hydrogen) atoms. The lowest BCUT2D eigenvalue weighted by Crippen LogP contribution is -2.16. The molecule has 0 amide bonds. The molecular formula is C16H30O4S. The molecule has 0 saturated heterocycles. The van der Waals surface area contributed by atoms with Gasteiger partial charge < -0.3 is 5.11 Å². The average Bonchev–Trinajstić information content (AvgIpc) is 3.02. The minimum absolute atomic E-state index is 0. The van der Waals surface area contributed by atoms with Crippen LogP contribution in [0.2, 0.25) is 0 Å². The predicted molar refractivity (Wildman–Crippen MR) is 89.3 cm³/mol. The van der Waals surface area contributed by atoms with E-state index in [0.717, 1.165) is 51.4 Å². The summed E-state index contributed by atoms with van der Waals surface area (Å²) in [5, 5.41) is 9.83. The molecule has 0 aromatic heterocycles. The van der Waals surface area contributed by atoms with E-state index in [4.69, 9.17) is 5.11 Å². The minimum atomic E-state index is -1.99. The summed E-state index contributed by atoms with van der Waals surface area (Å²) >= 11 is 0. The van der Waals surface area contributed by atoms with Crippen LogP contribution in [0.1, 0.15) is 58.8 Å². The normalized spacial score (nSPS) is 19.3. The molecule has 0 radical (unpaired) electrons. The van der Waals surface area contributed by atoms with Crippen LogP contribution in [0.15, 0.2) is 0 Å². The summed E-state index contributed by atoms with van der Waals surface area (Å²) in [4.78, 5) is 21.6. The van der Waals surface area contributed by atoms with E-state index in [0.29, 0.717) is 0 Å². The molecular weight excluding hydrogens is 288 g/mol. The zero-order valence-electron chi connectivity index (χ0n) is 12.5. The Labute approximate surface area is 129 Å². The maximum Gasteiger partial charge on any atom is 0.306 e. The molecule has 2 aliphatic rings. The first-order valence-corrected chi connectivity index (χ1v) is 9.79. The van der Waals surface area contributed by atoms with Crippen molar-refractivity contribution in [1.29, 1.82) is 0 Å². The molecule has 4 nitrogen and oxygen atoms in total. The number of carboxylic acid groups (broad SMARTS) is 1. The van der Waals surface area contributed by atoms with E-state index in [9.17, 15) is 13.8 Å². The third-order valence-corrected chi connectivity index (χ3v) is 4.66. The van der Waals surface area contributed by atoms with Crippen LogP contribution in [-0.4, -0.2) is 38.9 Å². The van der Waals surface area contributed by atoms with Gasteiger partial charge in [-0.3, -0.25) is 13.8 Å². The zero-order valence-corrected chi connectivity index (χ0v) is 13.3. The van der Waals surface area contributed by atoms with Gasteiger partial charge in [0, 0.05) is 23.8 Å². The van der Waals surface area contributed by atoms with Crippen LogP contribution in [0.5, 0.6) is 0 Å². The second-order valence-electron chi connectivity index (χ2n) is 6.13. The van der Waals surface area contributed by atoms with Crippen LogP contribution in [0.4, 0.5) is 0 Å². The van der Waals surface area contributed by atoms with Gasteiger partial charge in [-0.15, -0.1) is 0 Å². The summed E-state index contributed by atoms with van der Waals surface area (Å²) in [6.07, 6.45) is 11.5. The third kappa shape index (κ3) is 8.24. The molecule has 0 aromatic rings. The van der Waals surface area contributed by atoms with Crippen molar-refractivity contribution >= 4 is 26.6 Å². The van der Waals surface area contributed by atoms with Crippen molar-refractivity contribution in [2.75, 3.05) is 12.5 Å². The highest BCUT2D eigenvalue weighted by atomic mass is 32.2. The number of ketones is 1. The van der Waals surface area contributed by atoms with Crippen molar-refractivity contribution in [3.8, 4) is 0 Å². The molecule has 124 valence electrons. The summed E-state index contributed by atoms with van der Waals surface area (Å²) in [5.74, 6) is -0.356. The Bertz CT molecular complexity index is 441. The highest BCUT2D eigenvalue weighted by Crippen LogP contribution is 2.25. The molecule has 0 unspecified atom stereocenters. The molecule has 2 saturated carbocycles. The molecule has 0 heterocycles. The Morgan fingerprint density at radius 3 is 1.62 bits per heavy atom. The monoisotopic (exact) mass is 318 g/mol. The Morgan fingerprint density at radius 2 is 1.33 bits per heavy atom. The highest BCUT2D eigenvalue weighted by molar-refractivity contribution is 8.01. The van der Waals surface area contributed by atoms with Crippen LogP contribution in [-0.2, 0) is 19.1 Å². The largest absolute Gasteiger partial charge is 0.481 e. The molecule has 0 aromatic carbocycles. The smallest absolute Gasteiger partial charge is 0.306 e. The molecule has 0 atom stereocenters. The third-order valence-electron chi connectivity index (χ3n) is 3.86. The summed E-state index contributed by atoms with van der Waals surface area (Å²) in [6, 6.07) is 0. The standard InChI is InChI=1S/C9H16O2S.C6H10O2.CH4/c1-12(2,11)7-9(10)8-5-3-4-6-8;7-6(8)5-3-1-2-4-5;/h7-8H,3-6H2,1-2H3;5H,1-4H2,(H,7,8);1H4. The van der Waals surface area contributed by atoms with Gasteiger partial charge >= 0.3 is 5.97 Å². The fraction of sp³-hybridized carbons (Fsp3) is 0.812. The lowest BCUT2D eigenvalue weighted by Gasteiger charge is -2.03. The molecule has 0 spiro atoms. The van der Waals surface area contributed by atoms with Gasteiger partial charge in [0.1, 0.15) is 0 Å². The number of aliphatic carboxylic acids is 1. The first-order chi connectivity index (χ1) is 9.29. The number of carbonyl (C=O) groups is 2. The van der Waals surface area contributed by atoms with Crippen molar-refractivity contribution in [3.05, 3.63) is 0 Å². The SMILES string of the molecule is C.CS(C)(=O)=CC(=O)C1CCCC1.O=C(O)C1CCCC1. The first-order valence-electron chi connectivity index (χ1n) is 7.35. The molecule has 0 aliphatic heterocycles. The number of hydrogen-bond donors (Lipinski definition) is 1. The van der Waals surface area contributed by atoms with Gasteiger partial charge in [0.15, 0.2) is 5.78 Å². The molecule has 2 rings (SSSR count). The van der Waals surface area contributed by atoms with Crippen molar-refractivity contribution in [3.63, 3.8) is 0 Å². The summed E-state index contributed by atoms with van der Waals surface area (Å²) in [5.41, 5.74) is 0. The lowest BCUT2D eigenvalue weighted by atomic mass is 10.0. The van der Waals surface area contributed by atoms with Crippen molar-refractivity contribution < 1.29 is 18.9 Å². The molecule has 2 aliphatic carbocycles. The number of rotatable bonds is 3. The first kappa shape index (κ1) is 20.2. The Hall–Kier alpha value is -0.840. The molecule has 5 heteroatoms. The number of carboxylic acids is 1. The molecule has 1 N–H and O–H groups in total. The van der Waals surface area contributed by atoms with E-state index in [1.807, 2.05) is 0 Å². The Kier molecular flexibility index (Phi) is 8.86. The van der Waals surface area contributed by atoms with Crippen LogP contribution >= 0.6 is 0 Å². The van der Waals surface area contributed by atoms with Gasteiger partial charge in [0.25, 0.3) is 0 Å². The van der Waals surface area contributed by atoms with E-state index in [-0.39, 0.29) is 25.0 Å². The van der Waals surface area contributed by atoms with Crippen molar-refractivity contribution in [2.45, 2.75) is 58.8 Å². The number of Topliss-reactive ketones (excluding diaryl/α,β-unsaturated/α-hetero) is 1. The second-order valence-corrected chi connectivity index (χ2v) is 8.98. The average molecular weight is 318 g/mol.